The first-order valence-corrected chi connectivity index (χ1v) is 14.1. The lowest BCUT2D eigenvalue weighted by Crippen LogP contribution is -2.43. The first kappa shape index (κ1) is 25.3. The van der Waals surface area contributed by atoms with Gasteiger partial charge in [-0.3, -0.25) is 14.5 Å². The van der Waals surface area contributed by atoms with Crippen molar-refractivity contribution in [1.29, 1.82) is 0 Å². The normalized spacial score (nSPS) is 23.4. The zero-order valence-electron chi connectivity index (χ0n) is 22.2. The average Bonchev–Trinajstić information content (AvgIpc) is 3.47. The van der Waals surface area contributed by atoms with Crippen LogP contribution in [0.5, 0.6) is 17.2 Å². The Labute approximate surface area is 237 Å². The van der Waals surface area contributed by atoms with E-state index in [4.69, 9.17) is 21.1 Å². The van der Waals surface area contributed by atoms with Crippen LogP contribution in [0, 0.1) is 0 Å². The van der Waals surface area contributed by atoms with Crippen LogP contribution in [0.1, 0.15) is 39.4 Å². The number of ether oxygens (including phenoxy) is 2. The Morgan fingerprint density at radius 1 is 1.15 bits per heavy atom. The van der Waals surface area contributed by atoms with Gasteiger partial charge in [0.05, 0.1) is 12.0 Å². The highest BCUT2D eigenvalue weighted by Crippen LogP contribution is 2.54. The van der Waals surface area contributed by atoms with Gasteiger partial charge >= 0.3 is 0 Å². The summed E-state index contributed by atoms with van der Waals surface area (Å²) in [5.74, 6) is 2.59. The third-order valence-electron chi connectivity index (χ3n) is 8.26. The predicted molar refractivity (Wildman–Crippen MR) is 150 cm³/mol. The fourth-order valence-electron chi connectivity index (χ4n) is 5.85. The van der Waals surface area contributed by atoms with Gasteiger partial charge in [-0.1, -0.05) is 17.7 Å². The van der Waals surface area contributed by atoms with E-state index in [1.165, 1.54) is 0 Å². The van der Waals surface area contributed by atoms with Gasteiger partial charge in [0.2, 0.25) is 5.91 Å². The van der Waals surface area contributed by atoms with Crippen molar-refractivity contribution in [2.75, 3.05) is 38.5 Å². The third-order valence-corrected chi connectivity index (χ3v) is 8.61. The molecule has 2 amide bonds. The molecule has 1 saturated carbocycles. The number of hydrogen-bond acceptors (Lipinski definition) is 7. The molecule has 1 aliphatic carbocycles. The number of aromatic nitrogens is 1. The number of anilines is 1. The number of carbonyl (C=O) groups is 2. The molecule has 3 atom stereocenters. The van der Waals surface area contributed by atoms with Crippen molar-refractivity contribution in [2.24, 2.45) is 0 Å². The average molecular weight is 560 g/mol. The van der Waals surface area contributed by atoms with Gasteiger partial charge in [-0.15, -0.1) is 0 Å². The number of carbonyl (C=O) groups excluding carboxylic acids is 2. The van der Waals surface area contributed by atoms with Crippen LogP contribution in [-0.4, -0.2) is 72.0 Å². The van der Waals surface area contributed by atoms with Crippen LogP contribution in [0.4, 0.5) is 5.82 Å². The summed E-state index contributed by atoms with van der Waals surface area (Å²) in [5, 5.41) is 6.55. The Morgan fingerprint density at radius 2 is 2.00 bits per heavy atom. The van der Waals surface area contributed by atoms with Gasteiger partial charge < -0.3 is 25.0 Å². The van der Waals surface area contributed by atoms with Crippen molar-refractivity contribution in [1.82, 2.24) is 20.1 Å². The number of hydrogen-bond donors (Lipinski definition) is 2. The minimum absolute atomic E-state index is 0.0384. The number of rotatable bonds is 6. The molecule has 1 unspecified atom stereocenters. The molecular weight excluding hydrogens is 530 g/mol. The summed E-state index contributed by atoms with van der Waals surface area (Å²) >= 11 is 6.59. The molecule has 9 nitrogen and oxygen atoms in total. The van der Waals surface area contributed by atoms with E-state index in [0.29, 0.717) is 40.7 Å². The van der Waals surface area contributed by atoms with E-state index in [9.17, 15) is 9.59 Å². The summed E-state index contributed by atoms with van der Waals surface area (Å²) in [7, 11) is 2.14. The first-order valence-electron chi connectivity index (χ1n) is 13.7. The second-order valence-corrected chi connectivity index (χ2v) is 11.4. The van der Waals surface area contributed by atoms with Crippen molar-refractivity contribution in [3.63, 3.8) is 0 Å². The van der Waals surface area contributed by atoms with E-state index < -0.39 is 0 Å². The molecule has 0 radical (unpaired) electrons. The molecule has 0 spiro atoms. The minimum Gasteiger partial charge on any atom is -0.487 e. The Balaban J connectivity index is 1.00. The van der Waals surface area contributed by atoms with Gasteiger partial charge in [0, 0.05) is 67.1 Å². The third kappa shape index (κ3) is 4.78. The van der Waals surface area contributed by atoms with Crippen LogP contribution >= 0.6 is 11.6 Å². The van der Waals surface area contributed by atoms with Gasteiger partial charge in [-0.25, -0.2) is 4.98 Å². The lowest BCUT2D eigenvalue weighted by Gasteiger charge is -2.32. The molecule has 2 N–H and O–H groups in total. The van der Waals surface area contributed by atoms with Crippen LogP contribution in [0.3, 0.4) is 0 Å². The van der Waals surface area contributed by atoms with Crippen LogP contribution in [-0.2, 0) is 17.8 Å². The summed E-state index contributed by atoms with van der Waals surface area (Å²) < 4.78 is 12.3. The van der Waals surface area contributed by atoms with E-state index in [2.05, 4.69) is 32.5 Å². The van der Waals surface area contributed by atoms with Crippen molar-refractivity contribution in [2.45, 2.75) is 37.5 Å². The monoisotopic (exact) mass is 559 g/mol. The molecule has 10 heteroatoms. The predicted octanol–water partition coefficient (Wildman–Crippen LogP) is 3.82. The summed E-state index contributed by atoms with van der Waals surface area (Å²) in [6.07, 6.45) is 2.52. The molecule has 7 rings (SSSR count). The number of amides is 2. The Hall–Kier alpha value is -3.66. The number of halogens is 1. The molecule has 0 bridgehead atoms. The highest BCUT2D eigenvalue weighted by molar-refractivity contribution is 6.31. The molecule has 2 fully saturated rings. The van der Waals surface area contributed by atoms with Gasteiger partial charge in [0.15, 0.2) is 0 Å². The fourth-order valence-corrected chi connectivity index (χ4v) is 6.09. The molecule has 4 aliphatic rings. The smallest absolute Gasteiger partial charge is 0.251 e. The van der Waals surface area contributed by atoms with Gasteiger partial charge in [0.1, 0.15) is 29.2 Å². The summed E-state index contributed by atoms with van der Waals surface area (Å²) in [4.78, 5) is 33.8. The second-order valence-electron chi connectivity index (χ2n) is 11.0. The van der Waals surface area contributed by atoms with Crippen molar-refractivity contribution in [3.05, 3.63) is 75.9 Å². The maximum Gasteiger partial charge on any atom is 0.251 e. The number of nitrogens with zero attached hydrogens (tertiary/aromatic N) is 3. The minimum atomic E-state index is -0.157. The van der Waals surface area contributed by atoms with Crippen molar-refractivity contribution in [3.8, 4) is 17.2 Å². The molecular formula is C30H30ClN5O4. The number of piperazine rings is 1. The Morgan fingerprint density at radius 3 is 2.83 bits per heavy atom. The number of likely N-dealkylation sites (N-methyl/N-ethyl adjacent to an activating group) is 1. The molecule has 4 heterocycles. The SMILES string of the molecule is CN1CCN(Cc2ccc(C(=O)N[C@@H]3C4Oc5ccc(Oc6ccnc7c6CCC(=O)N7)cc5[C@H]43)cc2Cl)CC1. The van der Waals surface area contributed by atoms with Crippen molar-refractivity contribution < 1.29 is 19.1 Å². The van der Waals surface area contributed by atoms with E-state index in [0.717, 1.165) is 55.2 Å². The summed E-state index contributed by atoms with van der Waals surface area (Å²) in [6.45, 7) is 4.90. The molecule has 206 valence electrons. The van der Waals surface area contributed by atoms with Crippen molar-refractivity contribution >= 4 is 29.2 Å². The molecule has 2 aromatic carbocycles. The van der Waals surface area contributed by atoms with Gasteiger partial charge in [-0.2, -0.15) is 0 Å². The largest absolute Gasteiger partial charge is 0.487 e. The maximum absolute atomic E-state index is 13.1. The topological polar surface area (TPSA) is 96.0 Å². The Bertz CT molecular complexity index is 1510. The summed E-state index contributed by atoms with van der Waals surface area (Å²) in [5.41, 5.74) is 3.49. The van der Waals surface area contributed by atoms with Crippen LogP contribution in [0.2, 0.25) is 5.02 Å². The van der Waals surface area contributed by atoms with Crippen LogP contribution in [0.15, 0.2) is 48.7 Å². The van der Waals surface area contributed by atoms with E-state index >= 15 is 0 Å². The van der Waals surface area contributed by atoms with Crippen LogP contribution in [0.25, 0.3) is 0 Å². The van der Waals surface area contributed by atoms with Gasteiger partial charge in [-0.05, 0) is 55.4 Å². The lowest BCUT2D eigenvalue weighted by molar-refractivity contribution is -0.116. The quantitative estimate of drug-likeness (QED) is 0.474. The molecule has 40 heavy (non-hydrogen) atoms. The zero-order valence-corrected chi connectivity index (χ0v) is 22.9. The Kier molecular flexibility index (Phi) is 6.37. The molecule has 1 saturated heterocycles. The zero-order chi connectivity index (χ0) is 27.4. The number of fused-ring (bicyclic) bond motifs is 4. The number of pyridine rings is 1. The maximum atomic E-state index is 13.1. The van der Waals surface area contributed by atoms with Crippen LogP contribution < -0.4 is 20.1 Å². The fraction of sp³-hybridized carbons (Fsp3) is 0.367. The standard InChI is InChI=1S/C30H30ClN5O4/c1-35-10-12-36(13-11-35)16-18-3-2-17(14-22(18)31)30(38)34-27-26-21-15-19(4-6-23(21)40-28(26)27)39-24-8-9-32-29-20(24)5-7-25(37)33-29/h2-4,6,8-9,14-15,26-28H,5,7,10-13,16H2,1H3,(H,34,38)(H,32,33,37)/t26-,27-,28?/m0/s1. The lowest BCUT2D eigenvalue weighted by atomic mass is 10.1. The highest BCUT2D eigenvalue weighted by Gasteiger charge is 2.59. The van der Waals surface area contributed by atoms with Gasteiger partial charge in [0.25, 0.3) is 5.91 Å². The first-order chi connectivity index (χ1) is 19.4. The molecule has 1 aromatic heterocycles. The van der Waals surface area contributed by atoms with E-state index in [-0.39, 0.29) is 29.9 Å². The molecule has 3 aromatic rings. The number of benzene rings is 2. The van der Waals surface area contributed by atoms with E-state index in [1.807, 2.05) is 36.4 Å². The second kappa shape index (κ2) is 10.1. The summed E-state index contributed by atoms with van der Waals surface area (Å²) in [6, 6.07) is 13.0. The number of nitrogens with one attached hydrogen (secondary N) is 2. The molecule has 3 aliphatic heterocycles. The highest BCUT2D eigenvalue weighted by atomic mass is 35.5. The van der Waals surface area contributed by atoms with E-state index in [1.54, 1.807) is 12.3 Å².